The summed E-state index contributed by atoms with van der Waals surface area (Å²) in [5.41, 5.74) is 3.51. The van der Waals surface area contributed by atoms with Crippen LogP contribution < -0.4 is 0 Å². The fourth-order valence-corrected chi connectivity index (χ4v) is 2.17. The molecule has 0 saturated heterocycles. The van der Waals surface area contributed by atoms with Crippen LogP contribution in [0.4, 0.5) is 0 Å². The lowest BCUT2D eigenvalue weighted by Crippen LogP contribution is -1.98. The molecule has 0 atom stereocenters. The smallest absolute Gasteiger partial charge is 0.136 e. The van der Waals surface area contributed by atoms with Crippen LogP contribution in [-0.4, -0.2) is 14.5 Å². The average molecular weight is 254 g/mol. The number of rotatable bonds is 3. The highest BCUT2D eigenvalue weighted by Crippen LogP contribution is 2.21. The van der Waals surface area contributed by atoms with E-state index in [1.54, 1.807) is 23.2 Å². The molecule has 2 rings (SSSR count). The van der Waals surface area contributed by atoms with Crippen LogP contribution in [0.3, 0.4) is 0 Å². The summed E-state index contributed by atoms with van der Waals surface area (Å²) in [4.78, 5) is 8.41. The van der Waals surface area contributed by atoms with Gasteiger partial charge >= 0.3 is 0 Å². The first-order chi connectivity index (χ1) is 7.68. The second-order valence-electron chi connectivity index (χ2n) is 3.67. The van der Waals surface area contributed by atoms with E-state index in [-0.39, 0.29) is 0 Å². The quantitative estimate of drug-likeness (QED) is 0.834. The van der Waals surface area contributed by atoms with Crippen molar-refractivity contribution in [3.8, 4) is 0 Å². The van der Waals surface area contributed by atoms with Crippen LogP contribution in [-0.2, 0) is 0 Å². The van der Waals surface area contributed by atoms with Crippen molar-refractivity contribution >= 4 is 35.1 Å². The molecule has 0 bridgehead atoms. The average Bonchev–Trinajstić information content (AvgIpc) is 2.84. The van der Waals surface area contributed by atoms with Crippen molar-refractivity contribution in [1.29, 1.82) is 0 Å². The van der Waals surface area contributed by atoms with E-state index in [0.29, 0.717) is 11.2 Å². The first kappa shape index (κ1) is 11.4. The van der Waals surface area contributed by atoms with Crippen molar-refractivity contribution in [2.45, 2.75) is 19.9 Å². The van der Waals surface area contributed by atoms with Crippen molar-refractivity contribution in [3.63, 3.8) is 0 Å². The van der Waals surface area contributed by atoms with Crippen molar-refractivity contribution in [3.05, 3.63) is 33.8 Å². The number of aromatic nitrogens is 3. The van der Waals surface area contributed by atoms with Gasteiger partial charge in [-0.05, 0) is 26.0 Å². The monoisotopic (exact) mass is 253 g/mol. The SMILES string of the molecule is CC(C)n1cnc(/C=C/c2cscn2)c1Cl. The number of imidazole rings is 1. The van der Waals surface area contributed by atoms with Crippen LogP contribution in [0.15, 0.2) is 17.2 Å². The Hall–Kier alpha value is -1.13. The second kappa shape index (κ2) is 4.80. The summed E-state index contributed by atoms with van der Waals surface area (Å²) in [7, 11) is 0. The molecule has 0 aliphatic carbocycles. The van der Waals surface area contributed by atoms with Crippen LogP contribution in [0, 0.1) is 0 Å². The van der Waals surface area contributed by atoms with E-state index < -0.39 is 0 Å². The van der Waals surface area contributed by atoms with Gasteiger partial charge in [-0.3, -0.25) is 0 Å². The molecule has 0 aliphatic heterocycles. The van der Waals surface area contributed by atoms with E-state index in [9.17, 15) is 0 Å². The van der Waals surface area contributed by atoms with E-state index >= 15 is 0 Å². The van der Waals surface area contributed by atoms with Gasteiger partial charge in [-0.15, -0.1) is 11.3 Å². The Kier molecular flexibility index (Phi) is 3.41. The number of thiazole rings is 1. The molecule has 0 saturated carbocycles. The van der Waals surface area contributed by atoms with Gasteiger partial charge < -0.3 is 4.57 Å². The molecule has 0 unspecified atom stereocenters. The van der Waals surface area contributed by atoms with Gasteiger partial charge in [0.15, 0.2) is 0 Å². The standard InChI is InChI=1S/C11H12ClN3S/c1-8(2)15-6-13-10(11(15)12)4-3-9-5-16-7-14-9/h3-8H,1-2H3/b4-3+. The number of halogens is 1. The van der Waals surface area contributed by atoms with Gasteiger partial charge in [-0.25, -0.2) is 9.97 Å². The molecule has 0 aromatic carbocycles. The predicted octanol–water partition coefficient (Wildman–Crippen LogP) is 3.74. The molecule has 0 amide bonds. The maximum Gasteiger partial charge on any atom is 0.136 e. The van der Waals surface area contributed by atoms with Crippen molar-refractivity contribution in [2.24, 2.45) is 0 Å². The molecule has 0 N–H and O–H groups in total. The first-order valence-electron chi connectivity index (χ1n) is 4.97. The van der Waals surface area contributed by atoms with Gasteiger partial charge in [-0.2, -0.15) is 0 Å². The van der Waals surface area contributed by atoms with Crippen molar-refractivity contribution < 1.29 is 0 Å². The maximum absolute atomic E-state index is 6.19. The topological polar surface area (TPSA) is 30.7 Å². The Morgan fingerprint density at radius 3 is 2.75 bits per heavy atom. The van der Waals surface area contributed by atoms with Crippen LogP contribution in [0.5, 0.6) is 0 Å². The molecule has 2 heterocycles. The molecule has 16 heavy (non-hydrogen) atoms. The molecule has 0 radical (unpaired) electrons. The van der Waals surface area contributed by atoms with E-state index in [0.717, 1.165) is 11.4 Å². The van der Waals surface area contributed by atoms with Crippen LogP contribution in [0.25, 0.3) is 12.2 Å². The van der Waals surface area contributed by atoms with Gasteiger partial charge in [-0.1, -0.05) is 11.6 Å². The summed E-state index contributed by atoms with van der Waals surface area (Å²) < 4.78 is 1.93. The third kappa shape index (κ3) is 2.33. The summed E-state index contributed by atoms with van der Waals surface area (Å²) in [6.07, 6.45) is 5.55. The molecule has 2 aromatic heterocycles. The maximum atomic E-state index is 6.19. The van der Waals surface area contributed by atoms with Gasteiger partial charge in [0.05, 0.1) is 17.5 Å². The number of hydrogen-bond donors (Lipinski definition) is 0. The lowest BCUT2D eigenvalue weighted by atomic mass is 10.3. The Labute approximate surface area is 103 Å². The van der Waals surface area contributed by atoms with Crippen LogP contribution in [0.2, 0.25) is 5.15 Å². The Bertz CT molecular complexity index is 485. The highest BCUT2D eigenvalue weighted by Gasteiger charge is 2.07. The minimum Gasteiger partial charge on any atom is -0.319 e. The number of nitrogens with zero attached hydrogens (tertiary/aromatic N) is 3. The van der Waals surface area contributed by atoms with Gasteiger partial charge in [0.1, 0.15) is 10.8 Å². The summed E-state index contributed by atoms with van der Waals surface area (Å²) in [6, 6.07) is 0.321. The lowest BCUT2D eigenvalue weighted by molar-refractivity contribution is 0.600. The Balaban J connectivity index is 2.22. The highest BCUT2D eigenvalue weighted by molar-refractivity contribution is 7.07. The third-order valence-electron chi connectivity index (χ3n) is 2.18. The van der Waals surface area contributed by atoms with E-state index in [4.69, 9.17) is 11.6 Å². The zero-order chi connectivity index (χ0) is 11.5. The zero-order valence-electron chi connectivity index (χ0n) is 9.09. The van der Waals surface area contributed by atoms with E-state index in [1.165, 1.54) is 0 Å². The van der Waals surface area contributed by atoms with Crippen molar-refractivity contribution in [1.82, 2.24) is 14.5 Å². The molecule has 5 heteroatoms. The zero-order valence-corrected chi connectivity index (χ0v) is 10.7. The fraction of sp³-hybridized carbons (Fsp3) is 0.273. The van der Waals surface area contributed by atoms with Gasteiger partial charge in [0, 0.05) is 11.4 Å². The molecular weight excluding hydrogens is 242 g/mol. The summed E-state index contributed by atoms with van der Waals surface area (Å²) >= 11 is 7.76. The minimum atomic E-state index is 0.321. The molecule has 0 spiro atoms. The summed E-state index contributed by atoms with van der Waals surface area (Å²) in [5, 5.41) is 2.64. The van der Waals surface area contributed by atoms with Crippen molar-refractivity contribution in [2.75, 3.05) is 0 Å². The molecular formula is C11H12ClN3S. The van der Waals surface area contributed by atoms with E-state index in [2.05, 4.69) is 23.8 Å². The van der Waals surface area contributed by atoms with E-state index in [1.807, 2.05) is 22.1 Å². The largest absolute Gasteiger partial charge is 0.319 e. The lowest BCUT2D eigenvalue weighted by Gasteiger charge is -2.06. The molecule has 3 nitrogen and oxygen atoms in total. The minimum absolute atomic E-state index is 0.321. The van der Waals surface area contributed by atoms with Crippen LogP contribution >= 0.6 is 22.9 Å². The predicted molar refractivity (Wildman–Crippen MR) is 68.7 cm³/mol. The fourth-order valence-electron chi connectivity index (χ4n) is 1.30. The van der Waals surface area contributed by atoms with Crippen LogP contribution in [0.1, 0.15) is 31.3 Å². The normalized spacial score (nSPS) is 11.8. The summed E-state index contributed by atoms with van der Waals surface area (Å²) in [5.74, 6) is 0. The first-order valence-corrected chi connectivity index (χ1v) is 6.29. The molecule has 0 fully saturated rings. The third-order valence-corrected chi connectivity index (χ3v) is 3.17. The molecule has 2 aromatic rings. The van der Waals surface area contributed by atoms with Gasteiger partial charge in [0.25, 0.3) is 0 Å². The highest BCUT2D eigenvalue weighted by atomic mass is 35.5. The molecule has 0 aliphatic rings. The Morgan fingerprint density at radius 1 is 1.38 bits per heavy atom. The number of hydrogen-bond acceptors (Lipinski definition) is 3. The Morgan fingerprint density at radius 2 is 2.19 bits per heavy atom. The second-order valence-corrected chi connectivity index (χ2v) is 4.74. The molecule has 84 valence electrons. The van der Waals surface area contributed by atoms with Gasteiger partial charge in [0.2, 0.25) is 0 Å². The summed E-state index contributed by atoms with van der Waals surface area (Å²) in [6.45, 7) is 4.14.